The lowest BCUT2D eigenvalue weighted by Crippen LogP contribution is -2.28. The van der Waals surface area contributed by atoms with Gasteiger partial charge in [-0.25, -0.2) is 4.98 Å². The van der Waals surface area contributed by atoms with Gasteiger partial charge in [-0.1, -0.05) is 12.2 Å². The van der Waals surface area contributed by atoms with E-state index in [2.05, 4.69) is 10.3 Å². The van der Waals surface area contributed by atoms with Crippen LogP contribution in [0, 0.1) is 6.92 Å². The normalized spacial score (nSPS) is 10.1. The molecule has 0 spiro atoms. The number of nitrogens with zero attached hydrogens (tertiary/aromatic N) is 1. The van der Waals surface area contributed by atoms with Gasteiger partial charge in [0, 0.05) is 10.4 Å². The molecule has 2 aromatic rings. The molecule has 0 unspecified atom stereocenters. The minimum atomic E-state index is -0.179. The van der Waals surface area contributed by atoms with Crippen LogP contribution >= 0.6 is 23.6 Å². The first-order valence-corrected chi connectivity index (χ1v) is 7.53. The van der Waals surface area contributed by atoms with Crippen LogP contribution in [0.15, 0.2) is 29.8 Å². The van der Waals surface area contributed by atoms with Gasteiger partial charge >= 0.3 is 0 Å². The summed E-state index contributed by atoms with van der Waals surface area (Å²) in [5.41, 5.74) is 8.97. The van der Waals surface area contributed by atoms with Gasteiger partial charge < -0.3 is 15.8 Å². The number of hydrogen-bond donors (Lipinski definition) is 2. The van der Waals surface area contributed by atoms with Crippen molar-refractivity contribution in [1.29, 1.82) is 0 Å². The molecular formula is C14H15N3O2S2. The number of benzene rings is 1. The summed E-state index contributed by atoms with van der Waals surface area (Å²) in [4.78, 5) is 17.2. The van der Waals surface area contributed by atoms with Crippen molar-refractivity contribution in [3.63, 3.8) is 0 Å². The Morgan fingerprint density at radius 3 is 2.71 bits per heavy atom. The van der Waals surface area contributed by atoms with Crippen LogP contribution in [0.2, 0.25) is 0 Å². The predicted octanol–water partition coefficient (Wildman–Crippen LogP) is 1.78. The van der Waals surface area contributed by atoms with Crippen LogP contribution in [0.3, 0.4) is 0 Å². The summed E-state index contributed by atoms with van der Waals surface area (Å²) in [6.45, 7) is 2.35. The Kier molecular flexibility index (Phi) is 5.24. The highest BCUT2D eigenvalue weighted by Crippen LogP contribution is 2.13. The highest BCUT2D eigenvalue weighted by Gasteiger charge is 2.06. The van der Waals surface area contributed by atoms with Crippen molar-refractivity contribution in [2.24, 2.45) is 5.73 Å². The molecule has 110 valence electrons. The first kappa shape index (κ1) is 15.4. The first-order chi connectivity index (χ1) is 10.1. The van der Waals surface area contributed by atoms with Crippen LogP contribution < -0.4 is 15.8 Å². The molecule has 2 rings (SSSR count). The molecule has 0 saturated heterocycles. The minimum Gasteiger partial charge on any atom is -0.484 e. The topological polar surface area (TPSA) is 77.2 Å². The molecule has 3 N–H and O–H groups in total. The molecule has 1 aromatic carbocycles. The highest BCUT2D eigenvalue weighted by atomic mass is 32.1. The summed E-state index contributed by atoms with van der Waals surface area (Å²) in [5, 5.41) is 2.79. The van der Waals surface area contributed by atoms with Gasteiger partial charge in [-0.3, -0.25) is 4.79 Å². The maximum Gasteiger partial charge on any atom is 0.258 e. The largest absolute Gasteiger partial charge is 0.484 e. The number of rotatable bonds is 6. The molecular weight excluding hydrogens is 306 g/mol. The van der Waals surface area contributed by atoms with E-state index in [-0.39, 0.29) is 12.5 Å². The number of thiazole rings is 1. The Morgan fingerprint density at radius 1 is 1.43 bits per heavy atom. The molecule has 0 fully saturated rings. The lowest BCUT2D eigenvalue weighted by atomic mass is 10.2. The van der Waals surface area contributed by atoms with Gasteiger partial charge in [0.05, 0.1) is 17.7 Å². The Morgan fingerprint density at radius 2 is 2.14 bits per heavy atom. The molecule has 21 heavy (non-hydrogen) atoms. The van der Waals surface area contributed by atoms with Crippen LogP contribution in [0.1, 0.15) is 16.1 Å². The number of thiocarbonyl (C=S) groups is 1. The molecule has 0 bridgehead atoms. The number of nitrogens with two attached hydrogens (primary N) is 1. The van der Waals surface area contributed by atoms with Crippen LogP contribution in [0.4, 0.5) is 0 Å². The van der Waals surface area contributed by atoms with Gasteiger partial charge in [0.25, 0.3) is 5.91 Å². The monoisotopic (exact) mass is 321 g/mol. The van der Waals surface area contributed by atoms with Gasteiger partial charge in [0.15, 0.2) is 6.61 Å². The third-order valence-corrected chi connectivity index (χ3v) is 3.97. The molecule has 5 nitrogen and oxygen atoms in total. The van der Waals surface area contributed by atoms with E-state index < -0.39 is 0 Å². The van der Waals surface area contributed by atoms with Gasteiger partial charge in [-0.05, 0) is 31.2 Å². The van der Waals surface area contributed by atoms with Crippen molar-refractivity contribution < 1.29 is 9.53 Å². The number of aromatic nitrogens is 1. The van der Waals surface area contributed by atoms with Crippen molar-refractivity contribution in [1.82, 2.24) is 10.3 Å². The minimum absolute atomic E-state index is 0.0374. The molecule has 0 saturated carbocycles. The van der Waals surface area contributed by atoms with Crippen molar-refractivity contribution in [2.45, 2.75) is 13.5 Å². The smallest absolute Gasteiger partial charge is 0.258 e. The SMILES string of the molecule is Cc1ncsc1CNC(=O)COc1ccc(C(N)=S)cc1. The summed E-state index contributed by atoms with van der Waals surface area (Å²) in [6, 6.07) is 6.98. The standard InChI is InChI=1S/C14H15N3O2S2/c1-9-12(21-8-17-9)6-16-13(18)7-19-11-4-2-10(3-5-11)14(15)20/h2-5,8H,6-7H2,1H3,(H2,15,20)(H,16,18). The number of carbonyl (C=O) groups excluding carboxylic acids is 1. The number of hydrogen-bond acceptors (Lipinski definition) is 5. The predicted molar refractivity (Wildman–Crippen MR) is 86.5 cm³/mol. The second-order valence-corrected chi connectivity index (χ2v) is 5.69. The van der Waals surface area contributed by atoms with Crippen LogP contribution in [0.25, 0.3) is 0 Å². The second-order valence-electron chi connectivity index (χ2n) is 4.31. The summed E-state index contributed by atoms with van der Waals surface area (Å²) in [5.74, 6) is 0.417. The Hall–Kier alpha value is -1.99. The zero-order valence-electron chi connectivity index (χ0n) is 11.5. The van der Waals surface area contributed by atoms with E-state index >= 15 is 0 Å². The van der Waals surface area contributed by atoms with Crippen molar-refractivity contribution in [3.8, 4) is 5.75 Å². The van der Waals surface area contributed by atoms with E-state index in [4.69, 9.17) is 22.7 Å². The quantitative estimate of drug-likeness (QED) is 0.793. The molecule has 0 radical (unpaired) electrons. The van der Waals surface area contributed by atoms with Crippen LogP contribution in [0.5, 0.6) is 5.75 Å². The number of amides is 1. The first-order valence-electron chi connectivity index (χ1n) is 6.24. The third-order valence-electron chi connectivity index (χ3n) is 2.80. The number of aryl methyl sites for hydroxylation is 1. The number of carbonyl (C=O) groups is 1. The summed E-state index contributed by atoms with van der Waals surface area (Å²) < 4.78 is 5.39. The second kappa shape index (κ2) is 7.14. The third kappa shape index (κ3) is 4.51. The lowest BCUT2D eigenvalue weighted by Gasteiger charge is -2.07. The van der Waals surface area contributed by atoms with Crippen LogP contribution in [-0.4, -0.2) is 22.5 Å². The fraction of sp³-hybridized carbons (Fsp3) is 0.214. The summed E-state index contributed by atoms with van der Waals surface area (Å²) in [7, 11) is 0. The lowest BCUT2D eigenvalue weighted by molar-refractivity contribution is -0.123. The van der Waals surface area contributed by atoms with E-state index in [1.807, 2.05) is 6.92 Å². The van der Waals surface area contributed by atoms with E-state index in [0.29, 0.717) is 17.3 Å². The van der Waals surface area contributed by atoms with E-state index in [1.54, 1.807) is 29.8 Å². The average molecular weight is 321 g/mol. The van der Waals surface area contributed by atoms with Crippen molar-refractivity contribution in [3.05, 3.63) is 45.9 Å². The summed E-state index contributed by atoms with van der Waals surface area (Å²) >= 11 is 6.38. The Bertz CT molecular complexity index is 638. The molecule has 0 atom stereocenters. The zero-order valence-corrected chi connectivity index (χ0v) is 13.1. The van der Waals surface area contributed by atoms with Crippen molar-refractivity contribution >= 4 is 34.5 Å². The van der Waals surface area contributed by atoms with Crippen LogP contribution in [-0.2, 0) is 11.3 Å². The highest BCUT2D eigenvalue weighted by molar-refractivity contribution is 7.80. The average Bonchev–Trinajstić information content (AvgIpc) is 2.88. The van der Waals surface area contributed by atoms with E-state index in [9.17, 15) is 4.79 Å². The molecule has 0 aliphatic carbocycles. The zero-order chi connectivity index (χ0) is 15.2. The molecule has 1 amide bonds. The van der Waals surface area contributed by atoms with Gasteiger partial charge in [-0.15, -0.1) is 11.3 Å². The number of ether oxygens (including phenoxy) is 1. The molecule has 1 aromatic heterocycles. The summed E-state index contributed by atoms with van der Waals surface area (Å²) in [6.07, 6.45) is 0. The van der Waals surface area contributed by atoms with Crippen molar-refractivity contribution in [2.75, 3.05) is 6.61 Å². The Labute approximate surface area is 132 Å². The fourth-order valence-corrected chi connectivity index (χ4v) is 2.44. The molecule has 0 aliphatic heterocycles. The van der Waals surface area contributed by atoms with E-state index in [1.165, 1.54) is 11.3 Å². The molecule has 0 aliphatic rings. The maximum absolute atomic E-state index is 11.7. The van der Waals surface area contributed by atoms with E-state index in [0.717, 1.165) is 16.1 Å². The van der Waals surface area contributed by atoms with Gasteiger partial charge in [0.1, 0.15) is 10.7 Å². The fourth-order valence-electron chi connectivity index (χ4n) is 1.59. The molecule has 7 heteroatoms. The number of nitrogens with one attached hydrogen (secondary N) is 1. The van der Waals surface area contributed by atoms with Gasteiger partial charge in [-0.2, -0.15) is 0 Å². The Balaban J connectivity index is 1.78. The molecule has 1 heterocycles. The maximum atomic E-state index is 11.7. The van der Waals surface area contributed by atoms with Gasteiger partial charge in [0.2, 0.25) is 0 Å².